The number of carbonyl (C=O) groups is 4. The summed E-state index contributed by atoms with van der Waals surface area (Å²) in [5, 5.41) is 7.58. The van der Waals surface area contributed by atoms with Crippen LogP contribution >= 0.6 is 22.7 Å². The van der Waals surface area contributed by atoms with E-state index in [1.165, 1.54) is 14.2 Å². The number of nitrogens with zero attached hydrogens (tertiary/aromatic N) is 4. The van der Waals surface area contributed by atoms with Crippen LogP contribution in [0.1, 0.15) is 64.3 Å². The van der Waals surface area contributed by atoms with Crippen molar-refractivity contribution in [3.8, 4) is 21.1 Å². The topological polar surface area (TPSA) is 175 Å². The number of thiophene rings is 2. The number of carbonyl (C=O) groups excluding carboxylic acids is 4. The van der Waals surface area contributed by atoms with E-state index in [-0.39, 0.29) is 35.7 Å². The molecule has 2 aliphatic heterocycles. The average molecular weight is 799 g/mol. The van der Waals surface area contributed by atoms with Crippen LogP contribution in [-0.4, -0.2) is 93.1 Å². The third kappa shape index (κ3) is 7.54. The van der Waals surface area contributed by atoms with E-state index < -0.39 is 24.3 Å². The smallest absolute Gasteiger partial charge is 0.407 e. The Kier molecular flexibility index (Phi) is 10.8. The van der Waals surface area contributed by atoms with Gasteiger partial charge in [-0.05, 0) is 59.7 Å². The van der Waals surface area contributed by atoms with Gasteiger partial charge in [-0.15, -0.1) is 22.7 Å². The van der Waals surface area contributed by atoms with Crippen LogP contribution in [0.5, 0.6) is 0 Å². The number of ether oxygens (including phenoxy) is 2. The van der Waals surface area contributed by atoms with Crippen molar-refractivity contribution < 1.29 is 28.7 Å². The van der Waals surface area contributed by atoms with Crippen LogP contribution < -0.4 is 10.6 Å². The third-order valence-corrected chi connectivity index (χ3v) is 12.6. The molecule has 56 heavy (non-hydrogen) atoms. The van der Waals surface area contributed by atoms with Crippen LogP contribution in [0.4, 0.5) is 9.59 Å². The van der Waals surface area contributed by atoms with Gasteiger partial charge in [0.15, 0.2) is 0 Å². The Labute approximate surface area is 332 Å². The normalized spacial score (nSPS) is 18.4. The molecule has 5 aromatic rings. The van der Waals surface area contributed by atoms with E-state index in [1.807, 2.05) is 27.7 Å². The van der Waals surface area contributed by atoms with Gasteiger partial charge in [0.2, 0.25) is 11.8 Å². The average Bonchev–Trinajstić information content (AvgIpc) is 4.01. The summed E-state index contributed by atoms with van der Waals surface area (Å²) in [6, 6.07) is 6.53. The zero-order chi connectivity index (χ0) is 40.0. The lowest BCUT2D eigenvalue weighted by atomic mass is 10.0. The largest absolute Gasteiger partial charge is 0.453 e. The lowest BCUT2D eigenvalue weighted by Gasteiger charge is -2.29. The molecule has 4 aromatic heterocycles. The molecule has 1 aromatic carbocycles. The van der Waals surface area contributed by atoms with Crippen molar-refractivity contribution in [2.75, 3.05) is 27.3 Å². The first-order valence-electron chi connectivity index (χ1n) is 18.5. The van der Waals surface area contributed by atoms with Gasteiger partial charge in [0.1, 0.15) is 23.7 Å². The van der Waals surface area contributed by atoms with Crippen molar-refractivity contribution in [1.29, 1.82) is 0 Å². The number of alkyl carbamates (subject to hydrolysis) is 2. The number of imidazole rings is 2. The van der Waals surface area contributed by atoms with Gasteiger partial charge in [0.05, 0.1) is 59.8 Å². The molecular formula is C40H46N8O6S2. The number of rotatable bonds is 10. The third-order valence-electron chi connectivity index (χ3n) is 10.4. The number of aromatic amines is 2. The van der Waals surface area contributed by atoms with Crippen molar-refractivity contribution in [3.63, 3.8) is 0 Å². The molecule has 14 nitrogen and oxygen atoms in total. The Morgan fingerprint density at radius 1 is 0.714 bits per heavy atom. The van der Waals surface area contributed by atoms with Gasteiger partial charge in [-0.3, -0.25) is 9.59 Å². The Morgan fingerprint density at radius 3 is 1.46 bits per heavy atom. The molecule has 4 atom stereocenters. The van der Waals surface area contributed by atoms with E-state index in [0.29, 0.717) is 37.6 Å². The highest BCUT2D eigenvalue weighted by Gasteiger charge is 2.40. The number of benzene rings is 1. The number of hydrogen-bond donors (Lipinski definition) is 4. The van der Waals surface area contributed by atoms with E-state index in [1.54, 1.807) is 44.9 Å². The standard InChI is InChI=1S/C40H46N8O6S2/c1-19(2)33(45-39(51)53-7)37(49)47-17-21(5)9-27(47)35-41-15-25(43-35)31-13-23-11-30-24(12-29(23)55-31)14-32(56-30)26-16-42-36(44-26)28-10-22(6)18-48(28)38(50)34(20(3)4)46-40(52)54-8/h11-16,19-20,27-28,33-34H,5-6,9-10,17-18H2,1-4,7-8H3,(H,41,43)(H,42,44)(H,45,51)(H,46,52)/t27-,28-,33-,34-/m0/s1. The first-order chi connectivity index (χ1) is 26.7. The Balaban J connectivity index is 1.09. The fourth-order valence-corrected chi connectivity index (χ4v) is 9.52. The Bertz CT molecular complexity index is 2140. The molecular weight excluding hydrogens is 753 g/mol. The van der Waals surface area contributed by atoms with E-state index in [4.69, 9.17) is 19.4 Å². The Morgan fingerprint density at radius 2 is 1.11 bits per heavy atom. The zero-order valence-electron chi connectivity index (χ0n) is 32.2. The monoisotopic (exact) mass is 798 g/mol. The summed E-state index contributed by atoms with van der Waals surface area (Å²) in [4.78, 5) is 73.3. The highest BCUT2D eigenvalue weighted by molar-refractivity contribution is 7.23. The molecule has 7 rings (SSSR count). The predicted molar refractivity (Wildman–Crippen MR) is 217 cm³/mol. The van der Waals surface area contributed by atoms with Gasteiger partial charge in [-0.2, -0.15) is 0 Å². The molecule has 16 heteroatoms. The van der Waals surface area contributed by atoms with Gasteiger partial charge >= 0.3 is 12.2 Å². The molecule has 0 unspecified atom stereocenters. The zero-order valence-corrected chi connectivity index (χ0v) is 33.9. The number of H-pyrrole nitrogens is 2. The summed E-state index contributed by atoms with van der Waals surface area (Å²) >= 11 is 3.32. The minimum absolute atomic E-state index is 0.146. The van der Waals surface area contributed by atoms with Crippen molar-refractivity contribution in [1.82, 2.24) is 40.4 Å². The molecule has 2 aliphatic rings. The molecule has 0 saturated carbocycles. The SMILES string of the molecule is C=C1C[C@@H](c2ncc(-c3cc4cc5sc(-c6cnc([C@@H]7CC(=C)CN7C(=O)[C@@H](NC(=O)OC)C(C)C)[nH]6)cc5cc4s3)[nH]2)N(C(=O)[C@@H](NC(=O)OC)C(C)C)C1. The van der Waals surface area contributed by atoms with Gasteiger partial charge < -0.3 is 39.9 Å². The van der Waals surface area contributed by atoms with E-state index in [0.717, 1.165) is 52.5 Å². The second-order valence-electron chi connectivity index (χ2n) is 15.1. The minimum Gasteiger partial charge on any atom is -0.453 e. The highest BCUT2D eigenvalue weighted by Crippen LogP contribution is 2.42. The molecule has 294 valence electrons. The fraction of sp³-hybridized carbons (Fsp3) is 0.400. The second kappa shape index (κ2) is 15.6. The molecule has 0 aliphatic carbocycles. The number of amides is 4. The van der Waals surface area contributed by atoms with Gasteiger partial charge in [0, 0.05) is 22.5 Å². The van der Waals surface area contributed by atoms with Gasteiger partial charge in [-0.25, -0.2) is 19.6 Å². The van der Waals surface area contributed by atoms with Crippen molar-refractivity contribution in [3.05, 3.63) is 72.6 Å². The van der Waals surface area contributed by atoms with Gasteiger partial charge in [-0.1, -0.05) is 52.0 Å². The van der Waals surface area contributed by atoms with E-state index in [2.05, 4.69) is 58.0 Å². The van der Waals surface area contributed by atoms with Crippen LogP contribution in [0.15, 0.2) is 61.0 Å². The van der Waals surface area contributed by atoms with Crippen LogP contribution in [0.3, 0.4) is 0 Å². The lowest BCUT2D eigenvalue weighted by molar-refractivity contribution is -0.136. The number of nitrogens with one attached hydrogen (secondary N) is 4. The maximum atomic E-state index is 13.7. The number of aromatic nitrogens is 4. The predicted octanol–water partition coefficient (Wildman–Crippen LogP) is 7.32. The first kappa shape index (κ1) is 38.8. The quantitative estimate of drug-likeness (QED) is 0.106. The van der Waals surface area contributed by atoms with Crippen LogP contribution in [-0.2, 0) is 19.1 Å². The molecule has 4 N–H and O–H groups in total. The lowest BCUT2D eigenvalue weighted by Crippen LogP contribution is -2.51. The van der Waals surface area contributed by atoms with Crippen molar-refractivity contribution in [2.24, 2.45) is 11.8 Å². The summed E-state index contributed by atoms with van der Waals surface area (Å²) in [6.45, 7) is 16.6. The molecule has 0 radical (unpaired) electrons. The fourth-order valence-electron chi connectivity index (χ4n) is 7.41. The molecule has 0 bridgehead atoms. The van der Waals surface area contributed by atoms with E-state index in [9.17, 15) is 19.2 Å². The molecule has 2 fully saturated rings. The summed E-state index contributed by atoms with van der Waals surface area (Å²) in [6.07, 6.45) is 3.46. The van der Waals surface area contributed by atoms with E-state index >= 15 is 0 Å². The minimum atomic E-state index is -0.743. The maximum Gasteiger partial charge on any atom is 0.407 e. The van der Waals surface area contributed by atoms with Crippen LogP contribution in [0.2, 0.25) is 0 Å². The number of fused-ring (bicyclic) bond motifs is 2. The highest BCUT2D eigenvalue weighted by atomic mass is 32.1. The van der Waals surface area contributed by atoms with Crippen LogP contribution in [0, 0.1) is 11.8 Å². The number of likely N-dealkylation sites (tertiary alicyclic amines) is 2. The second-order valence-corrected chi connectivity index (χ2v) is 17.3. The van der Waals surface area contributed by atoms with Crippen molar-refractivity contribution in [2.45, 2.75) is 64.7 Å². The number of methoxy groups -OCH3 is 2. The Hall–Kier alpha value is -5.48. The molecule has 2 saturated heterocycles. The molecule has 4 amide bonds. The molecule has 6 heterocycles. The summed E-state index contributed by atoms with van der Waals surface area (Å²) < 4.78 is 11.8. The van der Waals surface area contributed by atoms with Crippen molar-refractivity contribution >= 4 is 66.8 Å². The first-order valence-corrected chi connectivity index (χ1v) is 20.1. The van der Waals surface area contributed by atoms with Gasteiger partial charge in [0.25, 0.3) is 0 Å². The molecule has 0 spiro atoms. The summed E-state index contributed by atoms with van der Waals surface area (Å²) in [5.41, 5.74) is 3.55. The maximum absolute atomic E-state index is 13.7. The summed E-state index contributed by atoms with van der Waals surface area (Å²) in [5.74, 6) is 0.639. The summed E-state index contributed by atoms with van der Waals surface area (Å²) in [7, 11) is 2.56. The van der Waals surface area contributed by atoms with Crippen LogP contribution in [0.25, 0.3) is 41.3 Å². The number of hydrogen-bond acceptors (Lipinski definition) is 10.